The zero-order valence-corrected chi connectivity index (χ0v) is 15.9. The summed E-state index contributed by atoms with van der Waals surface area (Å²) in [5.74, 6) is -0.352. The molecule has 1 heterocycles. The number of nitrogens with zero attached hydrogens (tertiary/aromatic N) is 3. The largest absolute Gasteiger partial charge is 0.462 e. The van der Waals surface area contributed by atoms with Crippen molar-refractivity contribution in [3.05, 3.63) is 71.8 Å². The highest BCUT2D eigenvalue weighted by atomic mass is 32.1. The van der Waals surface area contributed by atoms with Gasteiger partial charge in [0.1, 0.15) is 12.1 Å². The molecule has 1 aromatic heterocycles. The lowest BCUT2D eigenvalue weighted by molar-refractivity contribution is 0.0526. The first-order valence-corrected chi connectivity index (χ1v) is 8.93. The highest BCUT2D eigenvalue weighted by Gasteiger charge is 2.08. The lowest BCUT2D eigenvalue weighted by Crippen LogP contribution is -2.20. The van der Waals surface area contributed by atoms with Crippen molar-refractivity contribution < 1.29 is 13.9 Å². The molecule has 0 saturated heterocycles. The molecular weight excluding hydrogens is 381 g/mol. The zero-order chi connectivity index (χ0) is 19.9. The lowest BCUT2D eigenvalue weighted by Gasteiger charge is -2.08. The second kappa shape index (κ2) is 9.05. The summed E-state index contributed by atoms with van der Waals surface area (Å²) >= 11 is 5.25. The number of nitrogens with one attached hydrogen (secondary N) is 2. The van der Waals surface area contributed by atoms with Crippen LogP contribution in [-0.4, -0.2) is 32.5 Å². The Kier molecular flexibility index (Phi) is 6.28. The Labute approximate surface area is 166 Å². The highest BCUT2D eigenvalue weighted by Crippen LogP contribution is 2.11. The van der Waals surface area contributed by atoms with Crippen LogP contribution in [-0.2, 0) is 11.3 Å². The van der Waals surface area contributed by atoms with Crippen LogP contribution in [0.4, 0.5) is 16.0 Å². The minimum absolute atomic E-state index is 0.296. The molecule has 0 amide bonds. The van der Waals surface area contributed by atoms with Crippen molar-refractivity contribution in [2.75, 3.05) is 17.2 Å². The van der Waals surface area contributed by atoms with Gasteiger partial charge in [-0.2, -0.15) is 0 Å². The first-order chi connectivity index (χ1) is 13.5. The van der Waals surface area contributed by atoms with Gasteiger partial charge in [0.15, 0.2) is 5.11 Å². The molecule has 9 heteroatoms. The van der Waals surface area contributed by atoms with Gasteiger partial charge in [0, 0.05) is 5.69 Å². The number of aromatic nitrogens is 3. The van der Waals surface area contributed by atoms with Gasteiger partial charge in [-0.1, -0.05) is 12.1 Å². The molecule has 28 heavy (non-hydrogen) atoms. The van der Waals surface area contributed by atoms with E-state index in [2.05, 4.69) is 20.7 Å². The van der Waals surface area contributed by atoms with Crippen molar-refractivity contribution in [2.45, 2.75) is 13.5 Å². The Morgan fingerprint density at radius 2 is 2.00 bits per heavy atom. The van der Waals surface area contributed by atoms with E-state index >= 15 is 0 Å². The molecule has 0 aliphatic carbocycles. The Morgan fingerprint density at radius 3 is 2.71 bits per heavy atom. The molecule has 0 spiro atoms. The van der Waals surface area contributed by atoms with Crippen LogP contribution >= 0.6 is 12.2 Å². The van der Waals surface area contributed by atoms with Gasteiger partial charge in [0.2, 0.25) is 5.95 Å². The minimum atomic E-state index is -0.372. The molecule has 0 fully saturated rings. The van der Waals surface area contributed by atoms with Crippen molar-refractivity contribution in [1.29, 1.82) is 0 Å². The number of esters is 1. The number of halogens is 1. The second-order valence-corrected chi connectivity index (χ2v) is 6.18. The summed E-state index contributed by atoms with van der Waals surface area (Å²) in [5.41, 5.74) is 1.94. The molecule has 144 valence electrons. The molecule has 0 aliphatic rings. The first kappa shape index (κ1) is 19.4. The van der Waals surface area contributed by atoms with E-state index in [9.17, 15) is 9.18 Å². The maximum absolute atomic E-state index is 13.3. The summed E-state index contributed by atoms with van der Waals surface area (Å²) in [5, 5.41) is 10.4. The van der Waals surface area contributed by atoms with Crippen molar-refractivity contribution >= 4 is 34.9 Å². The molecule has 0 saturated carbocycles. The summed E-state index contributed by atoms with van der Waals surface area (Å²) in [7, 11) is 0. The summed E-state index contributed by atoms with van der Waals surface area (Å²) in [6.07, 6.45) is 1.53. The van der Waals surface area contributed by atoms with Crippen LogP contribution in [0, 0.1) is 5.82 Å². The minimum Gasteiger partial charge on any atom is -0.462 e. The van der Waals surface area contributed by atoms with E-state index in [1.807, 2.05) is 6.07 Å². The fraction of sp³-hybridized carbons (Fsp3) is 0.158. The monoisotopic (exact) mass is 399 g/mol. The van der Waals surface area contributed by atoms with Crippen molar-refractivity contribution in [2.24, 2.45) is 0 Å². The van der Waals surface area contributed by atoms with Crippen LogP contribution in [0.5, 0.6) is 0 Å². The zero-order valence-electron chi connectivity index (χ0n) is 15.1. The summed E-state index contributed by atoms with van der Waals surface area (Å²) in [6, 6.07) is 13.0. The normalized spacial score (nSPS) is 10.4. The van der Waals surface area contributed by atoms with E-state index in [4.69, 9.17) is 17.0 Å². The van der Waals surface area contributed by atoms with E-state index in [-0.39, 0.29) is 11.8 Å². The summed E-state index contributed by atoms with van der Waals surface area (Å²) < 4.78 is 19.8. The molecule has 0 bridgehead atoms. The smallest absolute Gasteiger partial charge is 0.338 e. The Hall–Kier alpha value is -3.33. The third kappa shape index (κ3) is 5.34. The van der Waals surface area contributed by atoms with Crippen molar-refractivity contribution in [1.82, 2.24) is 14.8 Å². The van der Waals surface area contributed by atoms with Crippen LogP contribution in [0.3, 0.4) is 0 Å². The number of ether oxygens (including phenoxy) is 1. The first-order valence-electron chi connectivity index (χ1n) is 8.52. The van der Waals surface area contributed by atoms with Crippen LogP contribution < -0.4 is 10.6 Å². The number of anilines is 2. The number of hydrogen-bond acceptors (Lipinski definition) is 5. The van der Waals surface area contributed by atoms with Gasteiger partial charge in [-0.3, -0.25) is 5.32 Å². The van der Waals surface area contributed by atoms with Gasteiger partial charge in [-0.05, 0) is 61.1 Å². The molecule has 0 atom stereocenters. The fourth-order valence-electron chi connectivity index (χ4n) is 2.42. The SMILES string of the molecule is CCOC(=O)c1ccc(NC(=S)Nc2ncn(Cc3cccc(F)c3)n2)cc1. The highest BCUT2D eigenvalue weighted by molar-refractivity contribution is 7.80. The number of thiocarbonyl (C=S) groups is 1. The molecule has 7 nitrogen and oxygen atoms in total. The Balaban J connectivity index is 1.55. The molecular formula is C19H18FN5O2S. The topological polar surface area (TPSA) is 81.1 Å². The molecule has 3 rings (SSSR count). The van der Waals surface area contributed by atoms with E-state index in [1.54, 1.807) is 41.9 Å². The molecule has 2 N–H and O–H groups in total. The van der Waals surface area contributed by atoms with Crippen LogP contribution in [0.1, 0.15) is 22.8 Å². The predicted molar refractivity (Wildman–Crippen MR) is 108 cm³/mol. The Morgan fingerprint density at radius 1 is 1.21 bits per heavy atom. The molecule has 2 aromatic carbocycles. The number of carbonyl (C=O) groups excluding carboxylic acids is 1. The van der Waals surface area contributed by atoms with E-state index in [1.165, 1.54) is 18.5 Å². The van der Waals surface area contributed by atoms with Gasteiger partial charge in [-0.25, -0.2) is 18.9 Å². The third-order valence-corrected chi connectivity index (χ3v) is 3.85. The van der Waals surface area contributed by atoms with Crippen molar-refractivity contribution in [3.63, 3.8) is 0 Å². The van der Waals surface area contributed by atoms with Crippen LogP contribution in [0.15, 0.2) is 54.9 Å². The van der Waals surface area contributed by atoms with Gasteiger partial charge >= 0.3 is 5.97 Å². The van der Waals surface area contributed by atoms with E-state index < -0.39 is 0 Å². The molecule has 0 radical (unpaired) electrons. The maximum atomic E-state index is 13.3. The average Bonchev–Trinajstić information content (AvgIpc) is 3.09. The van der Waals surface area contributed by atoms with E-state index in [0.717, 1.165) is 5.56 Å². The molecule has 0 unspecified atom stereocenters. The Bertz CT molecular complexity index is 974. The standard InChI is InChI=1S/C19H18FN5O2S/c1-2-27-17(26)14-6-8-16(9-7-14)22-19(28)23-18-21-12-25(24-18)11-13-4-3-5-15(20)10-13/h3-10,12H,2,11H2,1H3,(H2,22,23,24,28). The van der Waals surface area contributed by atoms with Gasteiger partial charge in [0.05, 0.1) is 18.7 Å². The fourth-order valence-corrected chi connectivity index (χ4v) is 2.63. The summed E-state index contributed by atoms with van der Waals surface area (Å²) in [6.45, 7) is 2.47. The average molecular weight is 399 g/mol. The summed E-state index contributed by atoms with van der Waals surface area (Å²) in [4.78, 5) is 15.8. The van der Waals surface area contributed by atoms with Gasteiger partial charge in [0.25, 0.3) is 0 Å². The van der Waals surface area contributed by atoms with Crippen LogP contribution in [0.2, 0.25) is 0 Å². The predicted octanol–water partition coefficient (Wildman–Crippen LogP) is 3.45. The van der Waals surface area contributed by atoms with Gasteiger partial charge < -0.3 is 10.1 Å². The molecule has 3 aromatic rings. The third-order valence-electron chi connectivity index (χ3n) is 3.65. The second-order valence-electron chi connectivity index (χ2n) is 5.77. The van der Waals surface area contributed by atoms with Crippen molar-refractivity contribution in [3.8, 4) is 0 Å². The lowest BCUT2D eigenvalue weighted by atomic mass is 10.2. The van der Waals surface area contributed by atoms with Crippen LogP contribution in [0.25, 0.3) is 0 Å². The van der Waals surface area contributed by atoms with E-state index in [0.29, 0.717) is 35.5 Å². The number of benzene rings is 2. The number of rotatable bonds is 6. The van der Waals surface area contributed by atoms with Gasteiger partial charge in [-0.15, -0.1) is 5.10 Å². The number of hydrogen-bond donors (Lipinski definition) is 2. The number of carbonyl (C=O) groups is 1. The quantitative estimate of drug-likeness (QED) is 0.485. The molecule has 0 aliphatic heterocycles. The maximum Gasteiger partial charge on any atom is 0.338 e.